The van der Waals surface area contributed by atoms with E-state index in [4.69, 9.17) is 11.6 Å². The van der Waals surface area contributed by atoms with Crippen LogP contribution >= 0.6 is 22.9 Å². The predicted molar refractivity (Wildman–Crippen MR) is 89.6 cm³/mol. The number of amides is 1. The van der Waals surface area contributed by atoms with Crippen molar-refractivity contribution >= 4 is 34.7 Å². The van der Waals surface area contributed by atoms with Gasteiger partial charge in [0.25, 0.3) is 0 Å². The van der Waals surface area contributed by atoms with Gasteiger partial charge in [0.2, 0.25) is 5.91 Å². The van der Waals surface area contributed by atoms with Crippen molar-refractivity contribution in [2.75, 3.05) is 18.0 Å². The highest BCUT2D eigenvalue weighted by Gasteiger charge is 2.23. The van der Waals surface area contributed by atoms with E-state index in [0.29, 0.717) is 6.42 Å². The van der Waals surface area contributed by atoms with E-state index in [-0.39, 0.29) is 11.9 Å². The van der Waals surface area contributed by atoms with Crippen LogP contribution in [0.1, 0.15) is 17.7 Å². The van der Waals surface area contributed by atoms with E-state index in [1.807, 2.05) is 29.9 Å². The fourth-order valence-corrected chi connectivity index (χ4v) is 3.95. The first-order valence-corrected chi connectivity index (χ1v) is 8.58. The molecule has 118 valence electrons. The molecule has 0 aliphatic carbocycles. The minimum Gasteiger partial charge on any atom is -0.355 e. The number of carbonyl (C=O) groups excluding carboxylic acids is 1. The molecule has 3 heterocycles. The number of nitrogens with one attached hydrogen (secondary N) is 1. The molecule has 0 spiro atoms. The third-order valence-electron chi connectivity index (χ3n) is 3.87. The Kier molecular flexibility index (Phi) is 4.69. The van der Waals surface area contributed by atoms with E-state index >= 15 is 0 Å². The molecule has 1 saturated heterocycles. The molecule has 1 unspecified atom stereocenters. The van der Waals surface area contributed by atoms with Gasteiger partial charge in [-0.1, -0.05) is 11.6 Å². The average Bonchev–Trinajstić information content (AvgIpc) is 3.07. The number of carbonyl (C=O) groups is 1. The molecular formula is C15H19ClN4OS. The van der Waals surface area contributed by atoms with E-state index in [9.17, 15) is 4.79 Å². The second kappa shape index (κ2) is 6.71. The van der Waals surface area contributed by atoms with E-state index in [1.54, 1.807) is 6.20 Å². The SMILES string of the molecule is Cn1nccc1N1CCCC(NC(=O)Cc2ccc(Cl)s2)C1. The largest absolute Gasteiger partial charge is 0.355 e. The van der Waals surface area contributed by atoms with Gasteiger partial charge in [0.1, 0.15) is 5.82 Å². The number of hydrogen-bond donors (Lipinski definition) is 1. The highest BCUT2D eigenvalue weighted by atomic mass is 35.5. The molecule has 2 aromatic heterocycles. The second-order valence-corrected chi connectivity index (χ2v) is 7.35. The number of nitrogens with zero attached hydrogens (tertiary/aromatic N) is 3. The van der Waals surface area contributed by atoms with Crippen molar-refractivity contribution in [3.05, 3.63) is 33.6 Å². The van der Waals surface area contributed by atoms with Gasteiger partial charge in [-0.15, -0.1) is 11.3 Å². The molecule has 2 aromatic rings. The smallest absolute Gasteiger partial charge is 0.225 e. The van der Waals surface area contributed by atoms with Crippen molar-refractivity contribution in [2.45, 2.75) is 25.3 Å². The van der Waals surface area contributed by atoms with Crippen LogP contribution in [0.4, 0.5) is 5.82 Å². The highest BCUT2D eigenvalue weighted by Crippen LogP contribution is 2.22. The minimum atomic E-state index is 0.0652. The molecule has 5 nitrogen and oxygen atoms in total. The maximum atomic E-state index is 12.2. The number of aromatic nitrogens is 2. The zero-order valence-corrected chi connectivity index (χ0v) is 14.0. The van der Waals surface area contributed by atoms with Gasteiger partial charge in [0, 0.05) is 37.1 Å². The van der Waals surface area contributed by atoms with Gasteiger partial charge in [0.15, 0.2) is 0 Å². The van der Waals surface area contributed by atoms with Gasteiger partial charge in [-0.25, -0.2) is 0 Å². The Labute approximate surface area is 138 Å². The summed E-state index contributed by atoms with van der Waals surface area (Å²) in [4.78, 5) is 15.4. The number of hydrogen-bond acceptors (Lipinski definition) is 4. The molecule has 0 bridgehead atoms. The first-order valence-electron chi connectivity index (χ1n) is 7.38. The Morgan fingerprint density at radius 1 is 1.50 bits per heavy atom. The van der Waals surface area contributed by atoms with Crippen LogP contribution in [-0.4, -0.2) is 34.8 Å². The first kappa shape index (κ1) is 15.4. The summed E-state index contributed by atoms with van der Waals surface area (Å²) in [5, 5.41) is 7.35. The van der Waals surface area contributed by atoms with Crippen LogP contribution in [0.5, 0.6) is 0 Å². The standard InChI is InChI=1S/C15H19ClN4OS/c1-19-15(6-7-17-19)20-8-2-3-11(10-20)18-14(21)9-12-4-5-13(16)22-12/h4-7,11H,2-3,8-10H2,1H3,(H,18,21). The van der Waals surface area contributed by atoms with Gasteiger partial charge in [-0.3, -0.25) is 9.48 Å². The second-order valence-electron chi connectivity index (χ2n) is 5.55. The summed E-state index contributed by atoms with van der Waals surface area (Å²) < 4.78 is 2.60. The monoisotopic (exact) mass is 338 g/mol. The molecule has 0 saturated carbocycles. The predicted octanol–water partition coefficient (Wildman–Crippen LogP) is 2.46. The lowest BCUT2D eigenvalue weighted by Gasteiger charge is -2.34. The van der Waals surface area contributed by atoms with Crippen LogP contribution in [-0.2, 0) is 18.3 Å². The summed E-state index contributed by atoms with van der Waals surface area (Å²) in [6.07, 6.45) is 4.30. The molecule has 7 heteroatoms. The molecule has 1 aliphatic heterocycles. The summed E-state index contributed by atoms with van der Waals surface area (Å²) >= 11 is 7.36. The van der Waals surface area contributed by atoms with Gasteiger partial charge >= 0.3 is 0 Å². The van der Waals surface area contributed by atoms with E-state index < -0.39 is 0 Å². The molecule has 0 aromatic carbocycles. The van der Waals surface area contributed by atoms with Gasteiger partial charge in [-0.05, 0) is 25.0 Å². The number of thiophene rings is 1. The summed E-state index contributed by atoms with van der Waals surface area (Å²) in [7, 11) is 1.94. The fourth-order valence-electron chi connectivity index (χ4n) is 2.86. The molecule has 3 rings (SSSR count). The number of anilines is 1. The summed E-state index contributed by atoms with van der Waals surface area (Å²) in [6, 6.07) is 5.94. The molecule has 1 aliphatic rings. The third kappa shape index (κ3) is 3.62. The van der Waals surface area contributed by atoms with Crippen LogP contribution in [0.15, 0.2) is 24.4 Å². The quantitative estimate of drug-likeness (QED) is 0.931. The molecule has 1 amide bonds. The van der Waals surface area contributed by atoms with Gasteiger partial charge in [0.05, 0.1) is 17.0 Å². The summed E-state index contributed by atoms with van der Waals surface area (Å²) in [5.74, 6) is 1.17. The zero-order chi connectivity index (χ0) is 15.5. The van der Waals surface area contributed by atoms with Crippen molar-refractivity contribution in [3.63, 3.8) is 0 Å². The minimum absolute atomic E-state index is 0.0652. The van der Waals surface area contributed by atoms with Crippen LogP contribution < -0.4 is 10.2 Å². The Hall–Kier alpha value is -1.53. The lowest BCUT2D eigenvalue weighted by molar-refractivity contribution is -0.121. The Morgan fingerprint density at radius 3 is 3.05 bits per heavy atom. The number of rotatable bonds is 4. The number of halogens is 1. The van der Waals surface area contributed by atoms with Crippen LogP contribution in [0, 0.1) is 0 Å². The zero-order valence-electron chi connectivity index (χ0n) is 12.5. The van der Waals surface area contributed by atoms with Crippen molar-refractivity contribution in [2.24, 2.45) is 7.05 Å². The number of piperidine rings is 1. The highest BCUT2D eigenvalue weighted by molar-refractivity contribution is 7.16. The van der Waals surface area contributed by atoms with E-state index in [1.165, 1.54) is 11.3 Å². The molecular weight excluding hydrogens is 320 g/mol. The van der Waals surface area contributed by atoms with E-state index in [2.05, 4.69) is 15.3 Å². The Balaban J connectivity index is 1.56. The maximum absolute atomic E-state index is 12.2. The molecule has 1 fully saturated rings. The van der Waals surface area contributed by atoms with Crippen molar-refractivity contribution in [1.82, 2.24) is 15.1 Å². The topological polar surface area (TPSA) is 50.2 Å². The van der Waals surface area contributed by atoms with E-state index in [0.717, 1.165) is 41.0 Å². The third-order valence-corrected chi connectivity index (χ3v) is 5.10. The summed E-state index contributed by atoms with van der Waals surface area (Å²) in [5.41, 5.74) is 0. The Morgan fingerprint density at radius 2 is 2.36 bits per heavy atom. The van der Waals surface area contributed by atoms with Crippen LogP contribution in [0.25, 0.3) is 0 Å². The molecule has 22 heavy (non-hydrogen) atoms. The maximum Gasteiger partial charge on any atom is 0.225 e. The fraction of sp³-hybridized carbons (Fsp3) is 0.467. The lowest BCUT2D eigenvalue weighted by Crippen LogP contribution is -2.48. The lowest BCUT2D eigenvalue weighted by atomic mass is 10.1. The van der Waals surface area contributed by atoms with Crippen molar-refractivity contribution in [3.8, 4) is 0 Å². The van der Waals surface area contributed by atoms with Crippen LogP contribution in [0.3, 0.4) is 0 Å². The average molecular weight is 339 g/mol. The normalized spacial score (nSPS) is 18.5. The van der Waals surface area contributed by atoms with Gasteiger partial charge in [-0.2, -0.15) is 5.10 Å². The van der Waals surface area contributed by atoms with Gasteiger partial charge < -0.3 is 10.2 Å². The molecule has 1 atom stereocenters. The van der Waals surface area contributed by atoms with Crippen LogP contribution in [0.2, 0.25) is 4.34 Å². The molecule has 1 N–H and O–H groups in total. The van der Waals surface area contributed by atoms with Crippen molar-refractivity contribution < 1.29 is 4.79 Å². The van der Waals surface area contributed by atoms with Crippen molar-refractivity contribution in [1.29, 1.82) is 0 Å². The number of aryl methyl sites for hydroxylation is 1. The Bertz CT molecular complexity index is 654. The summed E-state index contributed by atoms with van der Waals surface area (Å²) in [6.45, 7) is 1.84. The first-order chi connectivity index (χ1) is 10.6. The molecule has 0 radical (unpaired) electrons.